The highest BCUT2D eigenvalue weighted by atomic mass is 16.1. The smallest absolute Gasteiger partial charge is 0.271 e. The molecule has 28 heavy (non-hydrogen) atoms. The number of carbonyl (C=O) groups excluding carboxylic acids is 2. The first-order chi connectivity index (χ1) is 13.2. The summed E-state index contributed by atoms with van der Waals surface area (Å²) >= 11 is 0. The fourth-order valence-corrected chi connectivity index (χ4v) is 3.34. The molecule has 144 valence electrons. The molecule has 0 unspecified atom stereocenters. The minimum Gasteiger partial charge on any atom is -0.367 e. The van der Waals surface area contributed by atoms with E-state index in [2.05, 4.69) is 30.1 Å². The number of primary amides is 1. The quantitative estimate of drug-likeness (QED) is 0.495. The van der Waals surface area contributed by atoms with E-state index in [0.717, 1.165) is 17.5 Å². The molecule has 0 saturated carbocycles. The maximum absolute atomic E-state index is 12.3. The number of carbonyl (C=O) groups is 2. The summed E-state index contributed by atoms with van der Waals surface area (Å²) in [5.41, 5.74) is 9.46. The van der Waals surface area contributed by atoms with E-state index in [9.17, 15) is 9.59 Å². The number of hydrogen-bond acceptors (Lipinski definition) is 5. The Labute approximate surface area is 164 Å². The molecule has 2 N–H and O–H groups in total. The number of amides is 1. The Morgan fingerprint density at radius 2 is 1.71 bits per heavy atom. The topological polar surface area (TPSA) is 88.1 Å². The highest BCUT2D eigenvalue weighted by molar-refractivity contribution is 6.00. The van der Waals surface area contributed by atoms with E-state index in [1.165, 1.54) is 6.92 Å². The van der Waals surface area contributed by atoms with Gasteiger partial charge in [0.25, 0.3) is 5.91 Å². The van der Waals surface area contributed by atoms with Crippen molar-refractivity contribution >= 4 is 23.1 Å². The van der Waals surface area contributed by atoms with Crippen LogP contribution < -0.4 is 5.73 Å². The van der Waals surface area contributed by atoms with Crippen molar-refractivity contribution in [1.29, 1.82) is 0 Å². The summed E-state index contributed by atoms with van der Waals surface area (Å²) in [4.78, 5) is 25.7. The Bertz CT molecular complexity index is 988. The second-order valence-electron chi connectivity index (χ2n) is 7.57. The van der Waals surface area contributed by atoms with Crippen LogP contribution in [-0.2, 0) is 11.2 Å². The zero-order valence-electron chi connectivity index (χ0n) is 16.6. The van der Waals surface area contributed by atoms with Gasteiger partial charge >= 0.3 is 0 Å². The summed E-state index contributed by atoms with van der Waals surface area (Å²) in [6.45, 7) is 5.72. The third kappa shape index (κ3) is 3.71. The molecular weight excluding hydrogens is 352 g/mol. The maximum atomic E-state index is 12.3. The molecule has 0 radical (unpaired) electrons. The Morgan fingerprint density at radius 3 is 2.32 bits per heavy atom. The molecule has 1 heterocycles. The van der Waals surface area contributed by atoms with E-state index in [0.29, 0.717) is 16.9 Å². The number of nitrogens with two attached hydrogens (primary N) is 1. The predicted molar refractivity (Wildman–Crippen MR) is 109 cm³/mol. The number of azo groups is 1. The minimum absolute atomic E-state index is 0.0221. The molecule has 0 atom stereocenters. The van der Waals surface area contributed by atoms with Gasteiger partial charge in [0.1, 0.15) is 0 Å². The van der Waals surface area contributed by atoms with E-state index in [-0.39, 0.29) is 17.0 Å². The SMILES string of the molecule is CC(=O)c1ccc(N=N/C(C(N)=O)=C2\c3ccccc3CC(C)(C)N2C)cc1. The second kappa shape index (κ2) is 7.38. The molecule has 6 heteroatoms. The molecular formula is C22H24N4O2. The van der Waals surface area contributed by atoms with Crippen LogP contribution in [0.1, 0.15) is 42.3 Å². The molecule has 1 aliphatic rings. The van der Waals surface area contributed by atoms with Gasteiger partial charge in [-0.3, -0.25) is 9.59 Å². The van der Waals surface area contributed by atoms with Crippen LogP contribution in [0.2, 0.25) is 0 Å². The lowest BCUT2D eigenvalue weighted by atomic mass is 9.83. The van der Waals surface area contributed by atoms with Gasteiger partial charge in [0.15, 0.2) is 11.5 Å². The van der Waals surface area contributed by atoms with Crippen molar-refractivity contribution in [3.05, 3.63) is 70.9 Å². The zero-order valence-corrected chi connectivity index (χ0v) is 16.6. The third-order valence-electron chi connectivity index (χ3n) is 5.14. The van der Waals surface area contributed by atoms with Crippen molar-refractivity contribution in [1.82, 2.24) is 4.90 Å². The number of benzene rings is 2. The lowest BCUT2D eigenvalue weighted by Crippen LogP contribution is -2.46. The van der Waals surface area contributed by atoms with Gasteiger partial charge in [-0.15, -0.1) is 5.11 Å². The van der Waals surface area contributed by atoms with E-state index in [1.54, 1.807) is 24.3 Å². The van der Waals surface area contributed by atoms with Crippen molar-refractivity contribution in [3.63, 3.8) is 0 Å². The van der Waals surface area contributed by atoms with Gasteiger partial charge in [-0.25, -0.2) is 0 Å². The lowest BCUT2D eigenvalue weighted by Gasteiger charge is -2.44. The average molecular weight is 376 g/mol. The predicted octanol–water partition coefficient (Wildman–Crippen LogP) is 4.09. The largest absolute Gasteiger partial charge is 0.367 e. The summed E-state index contributed by atoms with van der Waals surface area (Å²) in [5.74, 6) is -0.662. The molecule has 1 amide bonds. The number of fused-ring (bicyclic) bond motifs is 1. The molecule has 2 aromatic rings. The number of hydrogen-bond donors (Lipinski definition) is 1. The Hall–Kier alpha value is -3.28. The molecule has 0 aliphatic carbocycles. The Balaban J connectivity index is 2.10. The standard InChI is InChI=1S/C22H24N4O2/c1-14(27)15-9-11-17(12-10-15)24-25-19(21(23)28)20-18-8-6-5-7-16(18)13-22(2,3)26(20)4/h5-12H,13H2,1-4H3,(H2,23,28)/b20-19+,25-24?. The molecule has 0 aromatic heterocycles. The van der Waals surface area contributed by atoms with Crippen LogP contribution in [0.25, 0.3) is 5.70 Å². The van der Waals surface area contributed by atoms with Crippen LogP contribution in [0, 0.1) is 0 Å². The zero-order chi connectivity index (χ0) is 20.5. The number of likely N-dealkylation sites (N-methyl/N-ethyl adjacent to an activating group) is 1. The second-order valence-corrected chi connectivity index (χ2v) is 7.57. The first kappa shape index (κ1) is 19.5. The van der Waals surface area contributed by atoms with E-state index in [1.807, 2.05) is 30.1 Å². The highest BCUT2D eigenvalue weighted by Crippen LogP contribution is 2.38. The van der Waals surface area contributed by atoms with Crippen molar-refractivity contribution in [2.45, 2.75) is 32.7 Å². The number of Topliss-reactive ketones (excluding diaryl/α,β-unsaturated/α-hetero) is 1. The lowest BCUT2D eigenvalue weighted by molar-refractivity contribution is -0.114. The van der Waals surface area contributed by atoms with Gasteiger partial charge in [-0.1, -0.05) is 24.3 Å². The molecule has 3 rings (SSSR count). The maximum Gasteiger partial charge on any atom is 0.271 e. The molecule has 0 saturated heterocycles. The van der Waals surface area contributed by atoms with Crippen LogP contribution in [0.3, 0.4) is 0 Å². The van der Waals surface area contributed by atoms with Gasteiger partial charge in [0, 0.05) is 23.7 Å². The van der Waals surface area contributed by atoms with E-state index < -0.39 is 5.91 Å². The van der Waals surface area contributed by atoms with Crippen LogP contribution in [0.15, 0.2) is 64.5 Å². The van der Waals surface area contributed by atoms with Gasteiger partial charge in [-0.05, 0) is 57.0 Å². The molecule has 0 fully saturated rings. The van der Waals surface area contributed by atoms with E-state index >= 15 is 0 Å². The highest BCUT2D eigenvalue weighted by Gasteiger charge is 2.35. The fraction of sp³-hybridized carbons (Fsp3) is 0.273. The minimum atomic E-state index is -0.640. The van der Waals surface area contributed by atoms with Gasteiger partial charge in [0.05, 0.1) is 11.4 Å². The average Bonchev–Trinajstić information content (AvgIpc) is 2.64. The first-order valence-electron chi connectivity index (χ1n) is 9.09. The molecule has 0 bridgehead atoms. The van der Waals surface area contributed by atoms with Crippen LogP contribution in [-0.4, -0.2) is 29.2 Å². The summed E-state index contributed by atoms with van der Waals surface area (Å²) in [5, 5.41) is 8.40. The summed E-state index contributed by atoms with van der Waals surface area (Å²) in [6, 6.07) is 14.7. The molecule has 2 aromatic carbocycles. The fourth-order valence-electron chi connectivity index (χ4n) is 3.34. The van der Waals surface area contributed by atoms with Gasteiger partial charge in [0.2, 0.25) is 0 Å². The number of nitrogens with zero attached hydrogens (tertiary/aromatic N) is 3. The summed E-state index contributed by atoms with van der Waals surface area (Å²) < 4.78 is 0. The van der Waals surface area contributed by atoms with E-state index in [4.69, 9.17) is 5.73 Å². The monoisotopic (exact) mass is 376 g/mol. The number of ketones is 1. The summed E-state index contributed by atoms with van der Waals surface area (Å²) in [6.07, 6.45) is 0.846. The molecule has 0 spiro atoms. The molecule has 6 nitrogen and oxygen atoms in total. The van der Waals surface area contributed by atoms with Crippen molar-refractivity contribution in [2.24, 2.45) is 16.0 Å². The van der Waals surface area contributed by atoms with Crippen LogP contribution in [0.4, 0.5) is 5.69 Å². The molecule has 1 aliphatic heterocycles. The van der Waals surface area contributed by atoms with Crippen molar-refractivity contribution in [2.75, 3.05) is 7.05 Å². The number of rotatable bonds is 4. The van der Waals surface area contributed by atoms with Crippen molar-refractivity contribution < 1.29 is 9.59 Å². The normalized spacial score (nSPS) is 17.4. The summed E-state index contributed by atoms with van der Waals surface area (Å²) in [7, 11) is 1.94. The third-order valence-corrected chi connectivity index (χ3v) is 5.14. The van der Waals surface area contributed by atoms with Gasteiger partial charge < -0.3 is 10.6 Å². The van der Waals surface area contributed by atoms with Gasteiger partial charge in [-0.2, -0.15) is 5.11 Å². The Kier molecular flexibility index (Phi) is 5.14. The van der Waals surface area contributed by atoms with Crippen molar-refractivity contribution in [3.8, 4) is 0 Å². The van der Waals surface area contributed by atoms with Crippen LogP contribution >= 0.6 is 0 Å². The first-order valence-corrected chi connectivity index (χ1v) is 9.09. The Morgan fingerprint density at radius 1 is 1.07 bits per heavy atom. The van der Waals surface area contributed by atoms with Crippen LogP contribution in [0.5, 0.6) is 0 Å².